The molecule has 0 bridgehead atoms. The Bertz CT molecular complexity index is 434. The molecule has 1 aliphatic rings. The van der Waals surface area contributed by atoms with E-state index in [2.05, 4.69) is 31.3 Å². The van der Waals surface area contributed by atoms with Crippen molar-refractivity contribution in [1.82, 2.24) is 5.32 Å². The molecule has 18 heavy (non-hydrogen) atoms. The molecule has 3 nitrogen and oxygen atoms in total. The number of nitrogens with one attached hydrogen (secondary N) is 1. The van der Waals surface area contributed by atoms with Crippen molar-refractivity contribution in [3.8, 4) is 0 Å². The highest BCUT2D eigenvalue weighted by molar-refractivity contribution is 5.85. The van der Waals surface area contributed by atoms with Crippen LogP contribution in [0.1, 0.15) is 50.7 Å². The van der Waals surface area contributed by atoms with Crippen molar-refractivity contribution in [2.75, 3.05) is 0 Å². The van der Waals surface area contributed by atoms with Gasteiger partial charge in [0.25, 0.3) is 0 Å². The molecule has 3 N–H and O–H groups in total. The van der Waals surface area contributed by atoms with E-state index in [-0.39, 0.29) is 5.91 Å². The van der Waals surface area contributed by atoms with Crippen LogP contribution in [0, 0.1) is 0 Å². The fraction of sp³-hybridized carbons (Fsp3) is 0.533. The molecular formula is C15H22N2O. The van der Waals surface area contributed by atoms with Gasteiger partial charge < -0.3 is 5.73 Å². The van der Waals surface area contributed by atoms with Crippen LogP contribution in [0.3, 0.4) is 0 Å². The molecule has 1 atom stereocenters. The maximum absolute atomic E-state index is 11.8. The van der Waals surface area contributed by atoms with Crippen LogP contribution in [0.25, 0.3) is 0 Å². The monoisotopic (exact) mass is 246 g/mol. The summed E-state index contributed by atoms with van der Waals surface area (Å²) in [7, 11) is 0. The van der Waals surface area contributed by atoms with Crippen molar-refractivity contribution in [3.63, 3.8) is 0 Å². The maximum Gasteiger partial charge on any atom is 0.242 e. The quantitative estimate of drug-likeness (QED) is 0.837. The Balaban J connectivity index is 2.27. The van der Waals surface area contributed by atoms with Gasteiger partial charge in [0, 0.05) is 6.04 Å². The molecule has 1 fully saturated rings. The highest BCUT2D eigenvalue weighted by Gasteiger charge is 2.38. The number of rotatable bonds is 5. The third kappa shape index (κ3) is 2.56. The maximum atomic E-state index is 11.8. The van der Waals surface area contributed by atoms with E-state index in [1.165, 1.54) is 5.56 Å². The summed E-state index contributed by atoms with van der Waals surface area (Å²) in [6, 6.07) is 8.61. The first-order valence-corrected chi connectivity index (χ1v) is 6.61. The van der Waals surface area contributed by atoms with Crippen LogP contribution in [0.4, 0.5) is 0 Å². The van der Waals surface area contributed by atoms with Gasteiger partial charge in [-0.2, -0.15) is 0 Å². The van der Waals surface area contributed by atoms with Crippen molar-refractivity contribution >= 4 is 5.91 Å². The Morgan fingerprint density at radius 2 is 1.89 bits per heavy atom. The molecule has 0 heterocycles. The lowest BCUT2D eigenvalue weighted by molar-refractivity contribution is -0.124. The predicted octanol–water partition coefficient (Wildman–Crippen LogP) is 2.26. The van der Waals surface area contributed by atoms with Crippen LogP contribution in [0.15, 0.2) is 24.3 Å². The van der Waals surface area contributed by atoms with E-state index in [0.29, 0.717) is 12.0 Å². The second-order valence-corrected chi connectivity index (χ2v) is 5.68. The van der Waals surface area contributed by atoms with Crippen LogP contribution in [-0.4, -0.2) is 11.9 Å². The average molecular weight is 246 g/mol. The lowest BCUT2D eigenvalue weighted by atomic mass is 9.89. The molecular weight excluding hydrogens is 224 g/mol. The Morgan fingerprint density at radius 3 is 2.28 bits per heavy atom. The third-order valence-electron chi connectivity index (χ3n) is 3.72. The van der Waals surface area contributed by atoms with Gasteiger partial charge in [-0.25, -0.2) is 0 Å². The van der Waals surface area contributed by atoms with Gasteiger partial charge in [0.1, 0.15) is 5.54 Å². The standard InChI is InChI=1S/C15H22N2O/c1-10(2)11-4-6-12(7-5-11)15(3,14(16)18)17-13-8-9-13/h4-7,10,13,17H,8-9H2,1-3H3,(H2,16,18). The molecule has 1 aromatic carbocycles. The van der Waals surface area contributed by atoms with Gasteiger partial charge in [-0.1, -0.05) is 38.1 Å². The van der Waals surface area contributed by atoms with E-state index in [1.807, 2.05) is 19.1 Å². The minimum absolute atomic E-state index is 0.313. The van der Waals surface area contributed by atoms with E-state index in [0.717, 1.165) is 18.4 Å². The minimum Gasteiger partial charge on any atom is -0.368 e. The van der Waals surface area contributed by atoms with E-state index < -0.39 is 5.54 Å². The van der Waals surface area contributed by atoms with Crippen molar-refractivity contribution < 1.29 is 4.79 Å². The van der Waals surface area contributed by atoms with E-state index in [9.17, 15) is 4.79 Å². The SMILES string of the molecule is CC(C)c1ccc(C(C)(NC2CC2)C(N)=O)cc1. The second-order valence-electron chi connectivity index (χ2n) is 5.68. The molecule has 0 aliphatic heterocycles. The zero-order valence-corrected chi connectivity index (χ0v) is 11.4. The molecule has 1 unspecified atom stereocenters. The van der Waals surface area contributed by atoms with Crippen LogP contribution in [0.5, 0.6) is 0 Å². The van der Waals surface area contributed by atoms with Crippen molar-refractivity contribution in [1.29, 1.82) is 0 Å². The summed E-state index contributed by atoms with van der Waals surface area (Å²) in [5, 5.41) is 3.36. The molecule has 98 valence electrons. The molecule has 3 heteroatoms. The number of amides is 1. The molecule has 1 aliphatic carbocycles. The normalized spacial score (nSPS) is 18.7. The summed E-state index contributed by atoms with van der Waals surface area (Å²) in [5.41, 5.74) is 7.05. The van der Waals surface area contributed by atoms with Crippen molar-refractivity contribution in [2.24, 2.45) is 5.73 Å². The number of hydrogen-bond acceptors (Lipinski definition) is 2. The summed E-state index contributed by atoms with van der Waals surface area (Å²) in [6.45, 7) is 6.19. The number of benzene rings is 1. The summed E-state index contributed by atoms with van der Waals surface area (Å²) < 4.78 is 0. The van der Waals surface area contributed by atoms with Crippen LogP contribution >= 0.6 is 0 Å². The van der Waals surface area contributed by atoms with Gasteiger partial charge in [0.2, 0.25) is 5.91 Å². The molecule has 0 saturated heterocycles. The lowest BCUT2D eigenvalue weighted by Crippen LogP contribution is -2.51. The van der Waals surface area contributed by atoms with E-state index in [1.54, 1.807) is 0 Å². The zero-order valence-electron chi connectivity index (χ0n) is 11.4. The molecule has 0 spiro atoms. The van der Waals surface area contributed by atoms with Gasteiger partial charge >= 0.3 is 0 Å². The molecule has 0 radical (unpaired) electrons. The Morgan fingerprint density at radius 1 is 1.33 bits per heavy atom. The predicted molar refractivity (Wildman–Crippen MR) is 73.2 cm³/mol. The van der Waals surface area contributed by atoms with Gasteiger partial charge in [-0.3, -0.25) is 10.1 Å². The molecule has 0 aromatic heterocycles. The number of carbonyl (C=O) groups is 1. The molecule has 1 aromatic rings. The summed E-state index contributed by atoms with van der Waals surface area (Å²) in [6.07, 6.45) is 2.26. The number of nitrogens with two attached hydrogens (primary N) is 1. The summed E-state index contributed by atoms with van der Waals surface area (Å²) in [5.74, 6) is 0.182. The first-order valence-electron chi connectivity index (χ1n) is 6.61. The van der Waals surface area contributed by atoms with Crippen LogP contribution < -0.4 is 11.1 Å². The van der Waals surface area contributed by atoms with Gasteiger partial charge in [0.15, 0.2) is 0 Å². The Kier molecular flexibility index (Phi) is 3.44. The van der Waals surface area contributed by atoms with E-state index >= 15 is 0 Å². The highest BCUT2D eigenvalue weighted by atomic mass is 16.1. The third-order valence-corrected chi connectivity index (χ3v) is 3.72. The largest absolute Gasteiger partial charge is 0.368 e. The second kappa shape index (κ2) is 4.73. The summed E-state index contributed by atoms with van der Waals surface area (Å²) in [4.78, 5) is 11.8. The van der Waals surface area contributed by atoms with Gasteiger partial charge in [-0.05, 0) is 36.8 Å². The van der Waals surface area contributed by atoms with Crippen LogP contribution in [-0.2, 0) is 10.3 Å². The first-order chi connectivity index (χ1) is 8.43. The lowest BCUT2D eigenvalue weighted by Gasteiger charge is -2.28. The molecule has 1 amide bonds. The van der Waals surface area contributed by atoms with Crippen molar-refractivity contribution in [2.45, 2.75) is 51.1 Å². The van der Waals surface area contributed by atoms with Gasteiger partial charge in [-0.15, -0.1) is 0 Å². The topological polar surface area (TPSA) is 55.1 Å². The molecule has 1 saturated carbocycles. The average Bonchev–Trinajstić information content (AvgIpc) is 3.12. The smallest absolute Gasteiger partial charge is 0.242 e. The highest BCUT2D eigenvalue weighted by Crippen LogP contribution is 2.29. The van der Waals surface area contributed by atoms with Crippen molar-refractivity contribution in [3.05, 3.63) is 35.4 Å². The Labute approximate surface area is 109 Å². The zero-order chi connectivity index (χ0) is 13.3. The number of carbonyl (C=O) groups excluding carboxylic acids is 1. The first kappa shape index (κ1) is 13.1. The van der Waals surface area contributed by atoms with E-state index in [4.69, 9.17) is 5.73 Å². The minimum atomic E-state index is -0.753. The fourth-order valence-corrected chi connectivity index (χ4v) is 2.13. The Hall–Kier alpha value is -1.35. The molecule has 2 rings (SSSR count). The number of hydrogen-bond donors (Lipinski definition) is 2. The fourth-order valence-electron chi connectivity index (χ4n) is 2.13. The van der Waals surface area contributed by atoms with Gasteiger partial charge in [0.05, 0.1) is 0 Å². The summed E-state index contributed by atoms with van der Waals surface area (Å²) >= 11 is 0. The number of primary amides is 1. The van der Waals surface area contributed by atoms with Crippen LogP contribution in [0.2, 0.25) is 0 Å².